The number of hydrogen-bond acceptors (Lipinski definition) is 2. The van der Waals surface area contributed by atoms with Crippen molar-refractivity contribution in [1.82, 2.24) is 10.6 Å². The molecule has 1 aliphatic heterocycles. The molecule has 4 nitrogen and oxygen atoms in total. The first-order valence-electron chi connectivity index (χ1n) is 6.26. The van der Waals surface area contributed by atoms with Crippen LogP contribution in [0.25, 0.3) is 0 Å². The van der Waals surface area contributed by atoms with Gasteiger partial charge in [-0.05, 0) is 24.1 Å². The SMILES string of the molecule is O=C(NCC(F)F)N[C@@H]1CCO[C@H]1c1ccc(Cl)cc1. The van der Waals surface area contributed by atoms with Gasteiger partial charge in [0.25, 0.3) is 6.43 Å². The minimum absolute atomic E-state index is 0.242. The van der Waals surface area contributed by atoms with Crippen LogP contribution in [0.1, 0.15) is 18.1 Å². The Morgan fingerprint density at radius 1 is 1.40 bits per heavy atom. The van der Waals surface area contributed by atoms with Gasteiger partial charge in [-0.3, -0.25) is 0 Å². The Bertz CT molecular complexity index is 456. The zero-order chi connectivity index (χ0) is 14.5. The highest BCUT2D eigenvalue weighted by molar-refractivity contribution is 6.30. The fourth-order valence-corrected chi connectivity index (χ4v) is 2.23. The summed E-state index contributed by atoms with van der Waals surface area (Å²) < 4.78 is 29.6. The molecule has 1 aromatic rings. The lowest BCUT2D eigenvalue weighted by molar-refractivity contribution is 0.0994. The van der Waals surface area contributed by atoms with Gasteiger partial charge in [0.15, 0.2) is 0 Å². The number of nitrogens with one attached hydrogen (secondary N) is 2. The monoisotopic (exact) mass is 304 g/mol. The van der Waals surface area contributed by atoms with Crippen molar-refractivity contribution in [2.24, 2.45) is 0 Å². The Morgan fingerprint density at radius 2 is 2.10 bits per heavy atom. The molecule has 0 unspecified atom stereocenters. The zero-order valence-corrected chi connectivity index (χ0v) is 11.4. The normalized spacial score (nSPS) is 22.0. The number of halogens is 3. The molecule has 0 aromatic heterocycles. The van der Waals surface area contributed by atoms with Gasteiger partial charge in [0.05, 0.1) is 12.6 Å². The molecular weight excluding hydrogens is 290 g/mol. The largest absolute Gasteiger partial charge is 0.371 e. The third-order valence-electron chi connectivity index (χ3n) is 3.02. The van der Waals surface area contributed by atoms with E-state index in [1.165, 1.54) is 0 Å². The second-order valence-electron chi connectivity index (χ2n) is 4.48. The molecule has 0 spiro atoms. The van der Waals surface area contributed by atoms with Crippen LogP contribution in [-0.2, 0) is 4.74 Å². The van der Waals surface area contributed by atoms with Gasteiger partial charge in [-0.2, -0.15) is 0 Å². The van der Waals surface area contributed by atoms with Crippen LogP contribution in [0.5, 0.6) is 0 Å². The van der Waals surface area contributed by atoms with E-state index in [1.807, 2.05) is 12.1 Å². The third-order valence-corrected chi connectivity index (χ3v) is 3.28. The molecule has 1 aromatic carbocycles. The fraction of sp³-hybridized carbons (Fsp3) is 0.462. The lowest BCUT2D eigenvalue weighted by Crippen LogP contribution is -2.44. The quantitative estimate of drug-likeness (QED) is 0.898. The van der Waals surface area contributed by atoms with Crippen LogP contribution in [0.2, 0.25) is 5.02 Å². The fourth-order valence-electron chi connectivity index (χ4n) is 2.11. The summed E-state index contributed by atoms with van der Waals surface area (Å²) in [5.41, 5.74) is 0.894. The van der Waals surface area contributed by atoms with E-state index in [2.05, 4.69) is 10.6 Å². The number of carbonyl (C=O) groups is 1. The van der Waals surface area contributed by atoms with E-state index < -0.39 is 19.0 Å². The molecule has 20 heavy (non-hydrogen) atoms. The molecule has 0 aliphatic carbocycles. The molecule has 0 bridgehead atoms. The Balaban J connectivity index is 1.93. The highest BCUT2D eigenvalue weighted by Crippen LogP contribution is 2.29. The molecule has 1 saturated heterocycles. The number of hydrogen-bond donors (Lipinski definition) is 2. The summed E-state index contributed by atoms with van der Waals surface area (Å²) in [4.78, 5) is 11.5. The van der Waals surface area contributed by atoms with E-state index >= 15 is 0 Å². The Hall–Kier alpha value is -1.40. The lowest BCUT2D eigenvalue weighted by atomic mass is 10.0. The van der Waals surface area contributed by atoms with Crippen LogP contribution in [0.3, 0.4) is 0 Å². The van der Waals surface area contributed by atoms with Gasteiger partial charge < -0.3 is 15.4 Å². The van der Waals surface area contributed by atoms with Crippen LogP contribution in [0.15, 0.2) is 24.3 Å². The van der Waals surface area contributed by atoms with Crippen LogP contribution in [0, 0.1) is 0 Å². The number of carbonyl (C=O) groups excluding carboxylic acids is 1. The number of ether oxygens (including phenoxy) is 1. The second-order valence-corrected chi connectivity index (χ2v) is 4.92. The number of urea groups is 1. The van der Waals surface area contributed by atoms with Crippen molar-refractivity contribution in [2.75, 3.05) is 13.2 Å². The molecule has 110 valence electrons. The van der Waals surface area contributed by atoms with E-state index in [1.54, 1.807) is 12.1 Å². The molecule has 2 amide bonds. The first-order valence-corrected chi connectivity index (χ1v) is 6.63. The molecule has 2 atom stereocenters. The summed E-state index contributed by atoms with van der Waals surface area (Å²) >= 11 is 5.82. The maximum absolute atomic E-state index is 12.0. The van der Waals surface area contributed by atoms with Gasteiger partial charge in [-0.1, -0.05) is 23.7 Å². The molecule has 1 aliphatic rings. The summed E-state index contributed by atoms with van der Waals surface area (Å²) in [6.07, 6.45) is -2.22. The van der Waals surface area contributed by atoms with Crippen molar-refractivity contribution < 1.29 is 18.3 Å². The third kappa shape index (κ3) is 4.05. The van der Waals surface area contributed by atoms with Crippen molar-refractivity contribution in [3.63, 3.8) is 0 Å². The van der Waals surface area contributed by atoms with E-state index in [0.717, 1.165) is 5.56 Å². The maximum atomic E-state index is 12.0. The first-order chi connectivity index (χ1) is 9.56. The topological polar surface area (TPSA) is 50.4 Å². The summed E-state index contributed by atoms with van der Waals surface area (Å²) in [7, 11) is 0. The van der Waals surface area contributed by atoms with E-state index in [0.29, 0.717) is 18.1 Å². The molecule has 2 N–H and O–H groups in total. The molecule has 0 radical (unpaired) electrons. The van der Waals surface area contributed by atoms with Gasteiger partial charge in [0, 0.05) is 11.6 Å². The average Bonchev–Trinajstić information content (AvgIpc) is 2.85. The van der Waals surface area contributed by atoms with Crippen LogP contribution in [0.4, 0.5) is 13.6 Å². The van der Waals surface area contributed by atoms with E-state index in [9.17, 15) is 13.6 Å². The van der Waals surface area contributed by atoms with E-state index in [4.69, 9.17) is 16.3 Å². The number of alkyl halides is 2. The van der Waals surface area contributed by atoms with E-state index in [-0.39, 0.29) is 12.1 Å². The predicted octanol–water partition coefficient (Wildman–Crippen LogP) is 2.73. The zero-order valence-electron chi connectivity index (χ0n) is 10.6. The van der Waals surface area contributed by atoms with Gasteiger partial charge in [-0.15, -0.1) is 0 Å². The molecule has 1 heterocycles. The van der Waals surface area contributed by atoms with Gasteiger partial charge >= 0.3 is 6.03 Å². The molecule has 0 saturated carbocycles. The van der Waals surface area contributed by atoms with Crippen molar-refractivity contribution >= 4 is 17.6 Å². The molecule has 2 rings (SSSR count). The van der Waals surface area contributed by atoms with Crippen LogP contribution >= 0.6 is 11.6 Å². The molecule has 1 fully saturated rings. The highest BCUT2D eigenvalue weighted by Gasteiger charge is 2.30. The van der Waals surface area contributed by atoms with Crippen LogP contribution < -0.4 is 10.6 Å². The summed E-state index contributed by atoms with van der Waals surface area (Å²) in [6.45, 7) is -0.155. The van der Waals surface area contributed by atoms with Crippen molar-refractivity contribution in [3.8, 4) is 0 Å². The number of amides is 2. The number of benzene rings is 1. The standard InChI is InChI=1S/C13H15ClF2N2O2/c14-9-3-1-8(2-4-9)12-10(5-6-20-12)18-13(19)17-7-11(15)16/h1-4,10-12H,5-7H2,(H2,17,18,19)/t10-,12+/m1/s1. The average molecular weight is 305 g/mol. The van der Waals surface area contributed by atoms with Crippen LogP contribution in [-0.4, -0.2) is 31.7 Å². The van der Waals surface area contributed by atoms with Gasteiger partial charge in [0.1, 0.15) is 6.10 Å². The van der Waals surface area contributed by atoms with Gasteiger partial charge in [0.2, 0.25) is 0 Å². The Labute approximate surface area is 120 Å². The Kier molecular flexibility index (Phi) is 5.14. The predicted molar refractivity (Wildman–Crippen MR) is 71.1 cm³/mol. The summed E-state index contributed by atoms with van der Waals surface area (Å²) in [6, 6.07) is 6.28. The highest BCUT2D eigenvalue weighted by atomic mass is 35.5. The number of rotatable bonds is 4. The maximum Gasteiger partial charge on any atom is 0.315 e. The molecular formula is C13H15ClF2N2O2. The summed E-state index contributed by atoms with van der Waals surface area (Å²) in [5.74, 6) is 0. The summed E-state index contributed by atoms with van der Waals surface area (Å²) in [5, 5.41) is 5.39. The first kappa shape index (κ1) is 15.0. The Morgan fingerprint density at radius 3 is 2.75 bits per heavy atom. The minimum atomic E-state index is -2.56. The van der Waals surface area contributed by atoms with Crippen molar-refractivity contribution in [1.29, 1.82) is 0 Å². The lowest BCUT2D eigenvalue weighted by Gasteiger charge is -2.20. The van der Waals surface area contributed by atoms with Gasteiger partial charge in [-0.25, -0.2) is 13.6 Å². The molecule has 7 heteroatoms. The van der Waals surface area contributed by atoms with Crippen molar-refractivity contribution in [2.45, 2.75) is 25.0 Å². The second kappa shape index (κ2) is 6.85. The smallest absolute Gasteiger partial charge is 0.315 e. The van der Waals surface area contributed by atoms with Crippen molar-refractivity contribution in [3.05, 3.63) is 34.9 Å². The minimum Gasteiger partial charge on any atom is -0.371 e.